The molecule has 0 aliphatic heterocycles. The molecule has 1 aromatic rings. The molecule has 62 valence electrons. The van der Waals surface area contributed by atoms with E-state index in [0.717, 1.165) is 14.0 Å². The van der Waals surface area contributed by atoms with Crippen molar-refractivity contribution < 1.29 is 4.74 Å². The van der Waals surface area contributed by atoms with Crippen LogP contribution in [0.1, 0.15) is 0 Å². The molecule has 11 heavy (non-hydrogen) atoms. The van der Waals surface area contributed by atoms with Crippen molar-refractivity contribution in [1.82, 2.24) is 0 Å². The summed E-state index contributed by atoms with van der Waals surface area (Å²) in [5, 5.41) is 0.918. The van der Waals surface area contributed by atoms with Crippen molar-refractivity contribution in [3.63, 3.8) is 0 Å². The van der Waals surface area contributed by atoms with Gasteiger partial charge in [-0.2, -0.15) is 0 Å². The van der Waals surface area contributed by atoms with Crippen LogP contribution in [0.15, 0.2) is 13.2 Å². The first-order valence-corrected chi connectivity index (χ1v) is 6.39. The first-order chi connectivity index (χ1) is 5.20. The molecule has 0 atom stereocenters. The number of thioether (sulfide) groups is 1. The van der Waals surface area contributed by atoms with Gasteiger partial charge in [0.1, 0.15) is 0 Å². The quantitative estimate of drug-likeness (QED) is 0.762. The zero-order valence-corrected chi connectivity index (χ0v) is 10.8. The van der Waals surface area contributed by atoms with E-state index in [2.05, 4.69) is 31.9 Å². The van der Waals surface area contributed by atoms with Crippen molar-refractivity contribution in [2.24, 2.45) is 0 Å². The normalized spacial score (nSPS) is 10.2. The fraction of sp³-hybridized carbons (Fsp3) is 0.333. The van der Waals surface area contributed by atoms with Crippen LogP contribution in [0.25, 0.3) is 0 Å². The topological polar surface area (TPSA) is 9.23 Å². The Labute approximate surface area is 90.8 Å². The lowest BCUT2D eigenvalue weighted by Crippen LogP contribution is -1.76. The van der Waals surface area contributed by atoms with Gasteiger partial charge in [-0.1, -0.05) is 11.3 Å². The number of methoxy groups -OCH3 is 1. The van der Waals surface area contributed by atoms with E-state index in [1.165, 1.54) is 4.21 Å². The van der Waals surface area contributed by atoms with Crippen LogP contribution < -0.4 is 4.74 Å². The smallest absolute Gasteiger partial charge is 0.190 e. The molecule has 1 aromatic heterocycles. The Kier molecular flexibility index (Phi) is 3.74. The minimum atomic E-state index is 0.918. The molecule has 1 heterocycles. The summed E-state index contributed by atoms with van der Waals surface area (Å²) in [6.07, 6.45) is 2.04. The number of hydrogen-bond acceptors (Lipinski definition) is 3. The van der Waals surface area contributed by atoms with Gasteiger partial charge in [0.15, 0.2) is 5.06 Å². The molecule has 0 amide bonds. The molecule has 0 aliphatic rings. The van der Waals surface area contributed by atoms with Gasteiger partial charge in [0.25, 0.3) is 0 Å². The number of ether oxygens (including phenoxy) is 1. The average Bonchev–Trinajstić information content (AvgIpc) is 2.30. The molecule has 0 spiro atoms. The van der Waals surface area contributed by atoms with Gasteiger partial charge in [0.2, 0.25) is 0 Å². The van der Waals surface area contributed by atoms with Gasteiger partial charge in [-0.3, -0.25) is 0 Å². The summed E-state index contributed by atoms with van der Waals surface area (Å²) in [6.45, 7) is 0. The summed E-state index contributed by atoms with van der Waals surface area (Å²) in [5.74, 6) is 0. The van der Waals surface area contributed by atoms with Gasteiger partial charge in [0.05, 0.1) is 20.3 Å². The predicted octanol–water partition coefficient (Wildman–Crippen LogP) is 4.00. The summed E-state index contributed by atoms with van der Waals surface area (Å²) in [5.41, 5.74) is 0. The fourth-order valence-electron chi connectivity index (χ4n) is 0.616. The molecule has 0 saturated carbocycles. The molecule has 0 fully saturated rings. The Morgan fingerprint density at radius 2 is 2.00 bits per heavy atom. The largest absolute Gasteiger partial charge is 0.486 e. The zero-order chi connectivity index (χ0) is 8.43. The molecular formula is C6H6Br2OS2. The highest BCUT2D eigenvalue weighted by molar-refractivity contribution is 9.13. The van der Waals surface area contributed by atoms with Crippen molar-refractivity contribution in [3.8, 4) is 5.06 Å². The molecule has 5 heteroatoms. The van der Waals surface area contributed by atoms with Crippen LogP contribution in [0.5, 0.6) is 5.06 Å². The maximum absolute atomic E-state index is 5.14. The summed E-state index contributed by atoms with van der Waals surface area (Å²) in [4.78, 5) is 0. The van der Waals surface area contributed by atoms with E-state index >= 15 is 0 Å². The second-order valence-electron chi connectivity index (χ2n) is 1.71. The van der Waals surface area contributed by atoms with Gasteiger partial charge in [-0.25, -0.2) is 0 Å². The Hall–Kier alpha value is 0.810. The van der Waals surface area contributed by atoms with Crippen molar-refractivity contribution in [2.75, 3.05) is 13.4 Å². The molecule has 1 rings (SSSR count). The standard InChI is InChI=1S/C6H6Br2OS2/c1-9-5-3(7)4(8)6(10-2)11-5/h1-2H3. The third-order valence-corrected chi connectivity index (χ3v) is 6.25. The highest BCUT2D eigenvalue weighted by Crippen LogP contribution is 2.46. The summed E-state index contributed by atoms with van der Waals surface area (Å²) >= 11 is 10.2. The first kappa shape index (κ1) is 9.89. The third-order valence-electron chi connectivity index (χ3n) is 1.11. The molecule has 0 N–H and O–H groups in total. The Morgan fingerprint density at radius 1 is 1.36 bits per heavy atom. The molecule has 0 bridgehead atoms. The number of halogens is 2. The van der Waals surface area contributed by atoms with Crippen molar-refractivity contribution in [1.29, 1.82) is 0 Å². The molecule has 0 radical (unpaired) electrons. The van der Waals surface area contributed by atoms with Crippen LogP contribution in [-0.2, 0) is 0 Å². The molecule has 0 aliphatic carbocycles. The Morgan fingerprint density at radius 3 is 2.27 bits per heavy atom. The number of thiophene rings is 1. The van der Waals surface area contributed by atoms with E-state index < -0.39 is 0 Å². The number of rotatable bonds is 2. The zero-order valence-electron chi connectivity index (χ0n) is 5.98. The van der Waals surface area contributed by atoms with Crippen molar-refractivity contribution >= 4 is 55.0 Å². The Bertz CT molecular complexity index is 235. The molecule has 0 unspecified atom stereocenters. The lowest BCUT2D eigenvalue weighted by Gasteiger charge is -1.92. The molecule has 1 nitrogen and oxygen atoms in total. The first-order valence-electron chi connectivity index (χ1n) is 2.76. The average molecular weight is 318 g/mol. The van der Waals surface area contributed by atoms with E-state index in [9.17, 15) is 0 Å². The monoisotopic (exact) mass is 316 g/mol. The highest BCUT2D eigenvalue weighted by atomic mass is 79.9. The lowest BCUT2D eigenvalue weighted by atomic mass is 10.6. The predicted molar refractivity (Wildman–Crippen MR) is 58.1 cm³/mol. The van der Waals surface area contributed by atoms with E-state index in [1.54, 1.807) is 30.2 Å². The second-order valence-corrected chi connectivity index (χ2v) is 5.36. The molecule has 0 saturated heterocycles. The highest BCUT2D eigenvalue weighted by Gasteiger charge is 2.13. The van der Waals surface area contributed by atoms with Crippen LogP contribution in [0.4, 0.5) is 0 Å². The Balaban J connectivity index is 3.12. The minimum Gasteiger partial charge on any atom is -0.486 e. The van der Waals surface area contributed by atoms with E-state index in [-0.39, 0.29) is 0 Å². The van der Waals surface area contributed by atoms with Gasteiger partial charge >= 0.3 is 0 Å². The van der Waals surface area contributed by atoms with Crippen LogP contribution in [0, 0.1) is 0 Å². The van der Waals surface area contributed by atoms with E-state index in [0.29, 0.717) is 0 Å². The molecular weight excluding hydrogens is 312 g/mol. The van der Waals surface area contributed by atoms with Crippen molar-refractivity contribution in [3.05, 3.63) is 8.95 Å². The van der Waals surface area contributed by atoms with Crippen LogP contribution in [0.2, 0.25) is 0 Å². The fourth-order valence-corrected chi connectivity index (χ4v) is 4.00. The SMILES string of the molecule is COc1sc(SC)c(Br)c1Br. The van der Waals surface area contributed by atoms with Gasteiger partial charge in [-0.05, 0) is 38.1 Å². The van der Waals surface area contributed by atoms with Gasteiger partial charge in [-0.15, -0.1) is 11.8 Å². The summed E-state index contributed by atoms with van der Waals surface area (Å²) in [7, 11) is 1.67. The van der Waals surface area contributed by atoms with Gasteiger partial charge < -0.3 is 4.74 Å². The van der Waals surface area contributed by atoms with E-state index in [4.69, 9.17) is 4.74 Å². The third kappa shape index (κ3) is 1.94. The van der Waals surface area contributed by atoms with Crippen molar-refractivity contribution in [2.45, 2.75) is 4.21 Å². The second kappa shape index (κ2) is 4.16. The van der Waals surface area contributed by atoms with E-state index in [1.807, 2.05) is 6.26 Å². The maximum Gasteiger partial charge on any atom is 0.190 e. The van der Waals surface area contributed by atoms with Gasteiger partial charge in [0, 0.05) is 0 Å². The summed E-state index contributed by atoms with van der Waals surface area (Å²) in [6, 6.07) is 0. The molecule has 0 aromatic carbocycles. The van der Waals surface area contributed by atoms with Crippen LogP contribution in [-0.4, -0.2) is 13.4 Å². The summed E-state index contributed by atoms with van der Waals surface area (Å²) < 4.78 is 8.47. The van der Waals surface area contributed by atoms with Crippen LogP contribution in [0.3, 0.4) is 0 Å². The van der Waals surface area contributed by atoms with Crippen LogP contribution >= 0.6 is 55.0 Å². The minimum absolute atomic E-state index is 0.918. The maximum atomic E-state index is 5.14. The lowest BCUT2D eigenvalue weighted by molar-refractivity contribution is 0.424. The number of hydrogen-bond donors (Lipinski definition) is 0.